The molecule has 0 aromatic heterocycles. The highest BCUT2D eigenvalue weighted by Gasteiger charge is 2.20. The number of aromatic hydroxyl groups is 1. The van der Waals surface area contributed by atoms with E-state index in [4.69, 9.17) is 5.11 Å². The molecule has 1 fully saturated rings. The second-order valence-corrected chi connectivity index (χ2v) is 6.21. The van der Waals surface area contributed by atoms with Gasteiger partial charge in [0, 0.05) is 10.6 Å². The third-order valence-electron chi connectivity index (χ3n) is 3.64. The number of phenolic OH excluding ortho intramolecular Hbond substituents is 1. The van der Waals surface area contributed by atoms with E-state index in [1.54, 1.807) is 0 Å². The van der Waals surface area contributed by atoms with Gasteiger partial charge in [-0.25, -0.2) is 4.39 Å². The minimum atomic E-state index is -1.14. The van der Waals surface area contributed by atoms with Crippen LogP contribution in [0.4, 0.5) is 8.78 Å². The third-order valence-corrected chi connectivity index (χ3v) is 4.90. The number of halogens is 2. The molecule has 0 saturated heterocycles. The Bertz CT molecular complexity index is 415. The Morgan fingerprint density at radius 1 is 1.17 bits per heavy atom. The summed E-state index contributed by atoms with van der Waals surface area (Å²) in [5, 5.41) is 9.05. The van der Waals surface area contributed by atoms with Crippen LogP contribution in [0.1, 0.15) is 32.6 Å². The molecule has 0 aliphatic heterocycles. The minimum Gasteiger partial charge on any atom is -0.505 e. The van der Waals surface area contributed by atoms with E-state index in [9.17, 15) is 8.78 Å². The second-order valence-electron chi connectivity index (χ2n) is 5.15. The molecule has 4 heteroatoms. The number of phenols is 1. The smallest absolute Gasteiger partial charge is 0.201 e. The maximum atomic E-state index is 13.5. The zero-order valence-electron chi connectivity index (χ0n) is 10.5. The number of benzene rings is 1. The van der Waals surface area contributed by atoms with Crippen LogP contribution < -0.4 is 0 Å². The largest absolute Gasteiger partial charge is 0.505 e. The van der Waals surface area contributed by atoms with Gasteiger partial charge in [0.15, 0.2) is 11.6 Å². The zero-order chi connectivity index (χ0) is 13.1. The highest BCUT2D eigenvalue weighted by atomic mass is 32.2. The van der Waals surface area contributed by atoms with Crippen molar-refractivity contribution in [3.05, 3.63) is 23.8 Å². The van der Waals surface area contributed by atoms with E-state index in [0.717, 1.165) is 11.7 Å². The second kappa shape index (κ2) is 5.91. The summed E-state index contributed by atoms with van der Waals surface area (Å²) >= 11 is 1.35. The summed E-state index contributed by atoms with van der Waals surface area (Å²) in [7, 11) is 0. The maximum Gasteiger partial charge on any atom is 0.201 e. The van der Waals surface area contributed by atoms with Crippen molar-refractivity contribution in [2.45, 2.75) is 37.5 Å². The molecular formula is C14H18F2OS. The average molecular weight is 272 g/mol. The van der Waals surface area contributed by atoms with Crippen LogP contribution in [-0.2, 0) is 0 Å². The highest BCUT2D eigenvalue weighted by Crippen LogP contribution is 2.34. The van der Waals surface area contributed by atoms with E-state index in [1.165, 1.54) is 49.6 Å². The molecule has 18 heavy (non-hydrogen) atoms. The lowest BCUT2D eigenvalue weighted by Crippen LogP contribution is -2.14. The van der Waals surface area contributed by atoms with Crippen LogP contribution >= 0.6 is 11.8 Å². The van der Waals surface area contributed by atoms with Crippen LogP contribution in [-0.4, -0.2) is 10.9 Å². The van der Waals surface area contributed by atoms with E-state index < -0.39 is 17.4 Å². The molecule has 2 rings (SSSR count). The first-order chi connectivity index (χ1) is 8.58. The first-order valence-corrected chi connectivity index (χ1v) is 7.36. The molecule has 0 radical (unpaired) electrons. The summed E-state index contributed by atoms with van der Waals surface area (Å²) < 4.78 is 26.7. The molecule has 0 unspecified atom stereocenters. The van der Waals surface area contributed by atoms with E-state index in [-0.39, 0.29) is 0 Å². The first kappa shape index (κ1) is 13.7. The van der Waals surface area contributed by atoms with Gasteiger partial charge in [-0.05, 0) is 36.8 Å². The number of thioether (sulfide) groups is 1. The van der Waals surface area contributed by atoms with E-state index in [1.807, 2.05) is 0 Å². The molecule has 0 bridgehead atoms. The summed E-state index contributed by atoms with van der Waals surface area (Å²) in [4.78, 5) is 0.295. The lowest BCUT2D eigenvalue weighted by molar-refractivity contribution is 0.311. The van der Waals surface area contributed by atoms with Gasteiger partial charge in [-0.15, -0.1) is 11.8 Å². The van der Waals surface area contributed by atoms with Crippen LogP contribution in [0.25, 0.3) is 0 Å². The van der Waals surface area contributed by atoms with E-state index in [2.05, 4.69) is 6.92 Å². The van der Waals surface area contributed by atoms with Crippen LogP contribution in [0.2, 0.25) is 0 Å². The molecular weight excluding hydrogens is 254 g/mol. The van der Waals surface area contributed by atoms with Crippen molar-refractivity contribution < 1.29 is 13.9 Å². The molecule has 1 saturated carbocycles. The molecule has 0 heterocycles. The van der Waals surface area contributed by atoms with Crippen LogP contribution in [0.15, 0.2) is 17.0 Å². The van der Waals surface area contributed by atoms with Crippen molar-refractivity contribution in [2.75, 3.05) is 5.75 Å². The number of hydrogen-bond acceptors (Lipinski definition) is 2. The van der Waals surface area contributed by atoms with Gasteiger partial charge in [-0.3, -0.25) is 0 Å². The van der Waals surface area contributed by atoms with Gasteiger partial charge in [-0.2, -0.15) is 4.39 Å². The van der Waals surface area contributed by atoms with Crippen molar-refractivity contribution in [1.82, 2.24) is 0 Å². The molecule has 1 aromatic rings. The summed E-state index contributed by atoms with van der Waals surface area (Å²) in [6.45, 7) is 2.26. The van der Waals surface area contributed by atoms with E-state index in [0.29, 0.717) is 10.8 Å². The van der Waals surface area contributed by atoms with Gasteiger partial charge in [-0.1, -0.05) is 19.8 Å². The topological polar surface area (TPSA) is 20.2 Å². The van der Waals surface area contributed by atoms with Gasteiger partial charge < -0.3 is 5.11 Å². The number of hydrogen-bond donors (Lipinski definition) is 1. The van der Waals surface area contributed by atoms with Gasteiger partial charge >= 0.3 is 0 Å². The van der Waals surface area contributed by atoms with Gasteiger partial charge in [0.1, 0.15) is 0 Å². The predicted molar refractivity (Wildman–Crippen MR) is 69.9 cm³/mol. The van der Waals surface area contributed by atoms with Crippen molar-refractivity contribution in [2.24, 2.45) is 11.8 Å². The van der Waals surface area contributed by atoms with Crippen LogP contribution in [0, 0.1) is 23.5 Å². The summed E-state index contributed by atoms with van der Waals surface area (Å²) in [6, 6.07) is 2.66. The molecule has 100 valence electrons. The Morgan fingerprint density at radius 3 is 2.50 bits per heavy atom. The normalized spacial score (nSPS) is 24.2. The van der Waals surface area contributed by atoms with Crippen molar-refractivity contribution >= 4 is 11.8 Å². The van der Waals surface area contributed by atoms with Crippen molar-refractivity contribution in [1.29, 1.82) is 0 Å². The SMILES string of the molecule is CC1CCC(CSc2ccc(O)c(F)c2F)CC1. The standard InChI is InChI=1S/C14H18F2OS/c1-9-2-4-10(5-3-9)8-18-12-7-6-11(17)13(15)14(12)16/h6-7,9-10,17H,2-5,8H2,1H3. The Kier molecular flexibility index (Phi) is 4.49. The lowest BCUT2D eigenvalue weighted by Gasteiger charge is -2.25. The number of rotatable bonds is 3. The van der Waals surface area contributed by atoms with Gasteiger partial charge in [0.25, 0.3) is 0 Å². The zero-order valence-corrected chi connectivity index (χ0v) is 11.3. The third kappa shape index (κ3) is 3.16. The van der Waals surface area contributed by atoms with Crippen LogP contribution in [0.5, 0.6) is 5.75 Å². The Labute approximate surface area is 111 Å². The monoisotopic (exact) mass is 272 g/mol. The van der Waals surface area contributed by atoms with Gasteiger partial charge in [0.05, 0.1) is 0 Å². The van der Waals surface area contributed by atoms with Crippen molar-refractivity contribution in [3.8, 4) is 5.75 Å². The van der Waals surface area contributed by atoms with Gasteiger partial charge in [0.2, 0.25) is 5.82 Å². The lowest BCUT2D eigenvalue weighted by atomic mass is 9.84. The first-order valence-electron chi connectivity index (χ1n) is 6.37. The molecule has 0 atom stereocenters. The summed E-state index contributed by atoms with van der Waals surface area (Å²) in [5.74, 6) is -0.463. The fourth-order valence-electron chi connectivity index (χ4n) is 2.34. The summed E-state index contributed by atoms with van der Waals surface area (Å²) in [6.07, 6.45) is 4.82. The fraction of sp³-hybridized carbons (Fsp3) is 0.571. The fourth-order valence-corrected chi connectivity index (χ4v) is 3.47. The minimum absolute atomic E-state index is 0.295. The van der Waals surface area contributed by atoms with Crippen LogP contribution in [0.3, 0.4) is 0 Å². The Hall–Kier alpha value is -0.770. The quantitative estimate of drug-likeness (QED) is 0.812. The Balaban J connectivity index is 1.92. The summed E-state index contributed by atoms with van der Waals surface area (Å²) in [5.41, 5.74) is 0. The highest BCUT2D eigenvalue weighted by molar-refractivity contribution is 7.99. The van der Waals surface area contributed by atoms with Crippen molar-refractivity contribution in [3.63, 3.8) is 0 Å². The molecule has 1 aromatic carbocycles. The molecule has 1 aliphatic carbocycles. The molecule has 1 N–H and O–H groups in total. The molecule has 0 amide bonds. The Morgan fingerprint density at radius 2 is 1.83 bits per heavy atom. The average Bonchev–Trinajstić information content (AvgIpc) is 2.37. The molecule has 0 spiro atoms. The predicted octanol–water partition coefficient (Wildman–Crippen LogP) is 4.59. The van der Waals surface area contributed by atoms with E-state index >= 15 is 0 Å². The molecule has 1 nitrogen and oxygen atoms in total. The molecule has 1 aliphatic rings. The maximum absolute atomic E-state index is 13.5.